The Kier molecular flexibility index (Phi) is 8.42. The molecule has 1 aromatic heterocycles. The molecule has 188 valence electrons. The fourth-order valence-electron chi connectivity index (χ4n) is 3.96. The third-order valence-corrected chi connectivity index (χ3v) is 5.85. The number of benzene rings is 1. The van der Waals surface area contributed by atoms with E-state index in [1.54, 1.807) is 6.20 Å². The number of hydrogen-bond acceptors (Lipinski definition) is 6. The number of aromatic amines is 1. The van der Waals surface area contributed by atoms with Gasteiger partial charge >= 0.3 is 11.9 Å². The van der Waals surface area contributed by atoms with Gasteiger partial charge in [0.1, 0.15) is 18.1 Å². The monoisotopic (exact) mass is 487 g/mol. The number of carbonyl (C=O) groups is 5. The molecule has 0 bridgehead atoms. The zero-order chi connectivity index (χ0) is 25.5. The van der Waals surface area contributed by atoms with Gasteiger partial charge < -0.3 is 36.5 Å². The molecule has 0 saturated carbocycles. The second-order valence-corrected chi connectivity index (χ2v) is 8.50. The van der Waals surface area contributed by atoms with Crippen LogP contribution in [-0.4, -0.2) is 75.6 Å². The minimum atomic E-state index is -1.67. The topological polar surface area (TPSA) is 190 Å². The molecule has 3 amide bonds. The highest BCUT2D eigenvalue weighted by Gasteiger charge is 2.31. The van der Waals surface area contributed by atoms with E-state index in [2.05, 4.69) is 26.3 Å². The van der Waals surface area contributed by atoms with Gasteiger partial charge in [-0.05, 0) is 37.9 Å². The number of fused-ring (bicyclic) bond motifs is 1. The van der Waals surface area contributed by atoms with Gasteiger partial charge in [-0.25, -0.2) is 4.79 Å². The smallest absolute Gasteiger partial charge is 0.326 e. The van der Waals surface area contributed by atoms with Crippen molar-refractivity contribution in [3.05, 3.63) is 36.0 Å². The van der Waals surface area contributed by atoms with Gasteiger partial charge in [-0.15, -0.1) is 0 Å². The molecule has 0 aliphatic carbocycles. The van der Waals surface area contributed by atoms with Gasteiger partial charge in [-0.3, -0.25) is 19.2 Å². The Hall–Kier alpha value is -3.93. The van der Waals surface area contributed by atoms with E-state index in [1.807, 2.05) is 24.3 Å². The number of amides is 3. The summed E-state index contributed by atoms with van der Waals surface area (Å²) in [6.45, 7) is 2.19. The normalized spacial score (nSPS) is 17.8. The van der Waals surface area contributed by atoms with E-state index in [1.165, 1.54) is 6.92 Å². The van der Waals surface area contributed by atoms with Crippen molar-refractivity contribution in [2.24, 2.45) is 0 Å². The SMILES string of the molecule is CC(NC(=O)C1CCCN1)C(=O)NC(Cc1c[nH]c2ccccc12)C(=O)NC(CC(=O)O)C(=O)O. The number of carboxylic acid groups (broad SMARTS) is 2. The summed E-state index contributed by atoms with van der Waals surface area (Å²) in [4.78, 5) is 63.7. The molecule has 12 nitrogen and oxygen atoms in total. The maximum absolute atomic E-state index is 13.0. The quantitative estimate of drug-likeness (QED) is 0.221. The molecule has 4 atom stereocenters. The van der Waals surface area contributed by atoms with Crippen molar-refractivity contribution in [2.45, 2.75) is 56.8 Å². The zero-order valence-corrected chi connectivity index (χ0v) is 19.2. The van der Waals surface area contributed by atoms with Gasteiger partial charge in [0.15, 0.2) is 0 Å². The maximum Gasteiger partial charge on any atom is 0.326 e. The molecule has 0 radical (unpaired) electrons. The minimum absolute atomic E-state index is 0.00580. The van der Waals surface area contributed by atoms with E-state index in [0.29, 0.717) is 18.5 Å². The Morgan fingerprint density at radius 2 is 1.74 bits per heavy atom. The Morgan fingerprint density at radius 3 is 2.40 bits per heavy atom. The summed E-state index contributed by atoms with van der Waals surface area (Å²) in [6, 6.07) is 3.08. The lowest BCUT2D eigenvalue weighted by molar-refractivity contribution is -0.147. The second-order valence-electron chi connectivity index (χ2n) is 8.50. The predicted molar refractivity (Wildman–Crippen MR) is 124 cm³/mol. The first-order valence-corrected chi connectivity index (χ1v) is 11.3. The van der Waals surface area contributed by atoms with Crippen LogP contribution < -0.4 is 21.3 Å². The average molecular weight is 488 g/mol. The number of hydrogen-bond donors (Lipinski definition) is 7. The van der Waals surface area contributed by atoms with E-state index in [9.17, 15) is 29.1 Å². The molecule has 1 aromatic carbocycles. The zero-order valence-electron chi connectivity index (χ0n) is 19.2. The molecule has 12 heteroatoms. The summed E-state index contributed by atoms with van der Waals surface area (Å²) in [5.74, 6) is -4.72. The Labute approximate surface area is 200 Å². The number of rotatable bonds is 11. The van der Waals surface area contributed by atoms with E-state index < -0.39 is 48.3 Å². The Morgan fingerprint density at radius 1 is 1.03 bits per heavy atom. The summed E-state index contributed by atoms with van der Waals surface area (Å²) in [7, 11) is 0. The summed E-state index contributed by atoms with van der Waals surface area (Å²) in [5.41, 5.74) is 1.50. The standard InChI is InChI=1S/C23H29N5O7/c1-12(26-21(32)16-7-4-8-24-16)20(31)27-17(22(33)28-18(23(34)35)10-19(29)30)9-13-11-25-15-6-3-2-5-14(13)15/h2-3,5-6,11-12,16-18,24-25H,4,7-10H2,1H3,(H,26,32)(H,27,31)(H,28,33)(H,29,30)(H,34,35). The molecule has 7 N–H and O–H groups in total. The molecule has 35 heavy (non-hydrogen) atoms. The van der Waals surface area contributed by atoms with E-state index in [-0.39, 0.29) is 18.4 Å². The number of H-pyrrole nitrogens is 1. The number of aromatic nitrogens is 1. The summed E-state index contributed by atoms with van der Waals surface area (Å²) in [6.07, 6.45) is 2.38. The summed E-state index contributed by atoms with van der Waals surface area (Å²) >= 11 is 0. The van der Waals surface area contributed by atoms with Crippen LogP contribution in [0.1, 0.15) is 31.7 Å². The molecule has 2 heterocycles. The van der Waals surface area contributed by atoms with Crippen LogP contribution in [0.2, 0.25) is 0 Å². The van der Waals surface area contributed by atoms with Crippen molar-refractivity contribution in [2.75, 3.05) is 6.54 Å². The fourth-order valence-corrected chi connectivity index (χ4v) is 3.96. The summed E-state index contributed by atoms with van der Waals surface area (Å²) in [5, 5.41) is 29.5. The highest BCUT2D eigenvalue weighted by atomic mass is 16.4. The highest BCUT2D eigenvalue weighted by molar-refractivity contribution is 5.95. The van der Waals surface area contributed by atoms with Crippen LogP contribution >= 0.6 is 0 Å². The van der Waals surface area contributed by atoms with Crippen molar-refractivity contribution in [3.63, 3.8) is 0 Å². The Bertz CT molecular complexity index is 1110. The maximum atomic E-state index is 13.0. The lowest BCUT2D eigenvalue weighted by Crippen LogP contribution is -2.57. The van der Waals surface area contributed by atoms with Crippen molar-refractivity contribution in [3.8, 4) is 0 Å². The van der Waals surface area contributed by atoms with Crippen LogP contribution in [0.5, 0.6) is 0 Å². The molecule has 2 aromatic rings. The lowest BCUT2D eigenvalue weighted by Gasteiger charge is -2.23. The van der Waals surface area contributed by atoms with E-state index >= 15 is 0 Å². The molecule has 1 aliphatic rings. The molecule has 1 fully saturated rings. The van der Waals surface area contributed by atoms with Crippen molar-refractivity contribution in [1.29, 1.82) is 0 Å². The molecular weight excluding hydrogens is 458 g/mol. The Balaban J connectivity index is 1.76. The molecule has 1 saturated heterocycles. The van der Waals surface area contributed by atoms with E-state index in [4.69, 9.17) is 5.11 Å². The molecule has 1 aliphatic heterocycles. The molecular formula is C23H29N5O7. The largest absolute Gasteiger partial charge is 0.481 e. The third-order valence-electron chi connectivity index (χ3n) is 5.85. The third kappa shape index (κ3) is 6.79. The van der Waals surface area contributed by atoms with Crippen LogP contribution in [0.25, 0.3) is 10.9 Å². The number of carbonyl (C=O) groups excluding carboxylic acids is 3. The van der Waals surface area contributed by atoms with Gasteiger partial charge in [0, 0.05) is 23.5 Å². The second kappa shape index (κ2) is 11.5. The first-order valence-electron chi connectivity index (χ1n) is 11.3. The predicted octanol–water partition coefficient (Wildman–Crippen LogP) is -0.504. The molecule has 3 rings (SSSR count). The van der Waals surface area contributed by atoms with Crippen LogP contribution in [0.4, 0.5) is 0 Å². The molecule has 4 unspecified atom stereocenters. The number of aliphatic carboxylic acids is 2. The number of carboxylic acids is 2. The first-order chi connectivity index (χ1) is 16.7. The van der Waals surface area contributed by atoms with Crippen LogP contribution in [0.15, 0.2) is 30.5 Å². The van der Waals surface area contributed by atoms with Gasteiger partial charge in [-0.2, -0.15) is 0 Å². The first kappa shape index (κ1) is 25.7. The average Bonchev–Trinajstić information content (AvgIpc) is 3.48. The van der Waals surface area contributed by atoms with Gasteiger partial charge in [-0.1, -0.05) is 18.2 Å². The summed E-state index contributed by atoms with van der Waals surface area (Å²) < 4.78 is 0. The highest BCUT2D eigenvalue weighted by Crippen LogP contribution is 2.19. The van der Waals surface area contributed by atoms with Crippen molar-refractivity contribution < 1.29 is 34.2 Å². The van der Waals surface area contributed by atoms with Crippen molar-refractivity contribution >= 4 is 40.6 Å². The van der Waals surface area contributed by atoms with Gasteiger partial charge in [0.2, 0.25) is 17.7 Å². The van der Waals surface area contributed by atoms with Gasteiger partial charge in [0.05, 0.1) is 12.5 Å². The number of nitrogens with one attached hydrogen (secondary N) is 5. The lowest BCUT2D eigenvalue weighted by atomic mass is 10.0. The van der Waals surface area contributed by atoms with E-state index in [0.717, 1.165) is 17.3 Å². The van der Waals surface area contributed by atoms with Crippen LogP contribution in [-0.2, 0) is 30.4 Å². The van der Waals surface area contributed by atoms with Crippen molar-refractivity contribution in [1.82, 2.24) is 26.3 Å². The minimum Gasteiger partial charge on any atom is -0.481 e. The van der Waals surface area contributed by atoms with Crippen LogP contribution in [0.3, 0.4) is 0 Å². The number of para-hydroxylation sites is 1. The van der Waals surface area contributed by atoms with Crippen LogP contribution in [0, 0.1) is 0 Å². The van der Waals surface area contributed by atoms with Gasteiger partial charge in [0.25, 0.3) is 0 Å². The fraction of sp³-hybridized carbons (Fsp3) is 0.435. The molecule has 0 spiro atoms.